The summed E-state index contributed by atoms with van der Waals surface area (Å²) in [4.78, 5) is 26.6. The van der Waals surface area contributed by atoms with Crippen molar-refractivity contribution in [3.05, 3.63) is 40.3 Å². The number of rotatable bonds is 10. The summed E-state index contributed by atoms with van der Waals surface area (Å²) >= 11 is 1.28. The molecule has 2 rings (SSSR count). The molecular formula is C17H20N2O5S. The van der Waals surface area contributed by atoms with Crippen LogP contribution in [0.5, 0.6) is 11.5 Å². The van der Waals surface area contributed by atoms with E-state index in [0.29, 0.717) is 42.0 Å². The molecule has 1 aromatic heterocycles. The van der Waals surface area contributed by atoms with E-state index in [4.69, 9.17) is 14.6 Å². The number of ether oxygens (including phenoxy) is 2. The van der Waals surface area contributed by atoms with Gasteiger partial charge >= 0.3 is 5.97 Å². The molecule has 2 aromatic rings. The van der Waals surface area contributed by atoms with Gasteiger partial charge in [0.05, 0.1) is 31.7 Å². The molecule has 0 saturated heterocycles. The first-order valence-electron chi connectivity index (χ1n) is 7.85. The van der Waals surface area contributed by atoms with Crippen LogP contribution in [0.3, 0.4) is 0 Å². The monoisotopic (exact) mass is 364 g/mol. The third-order valence-electron chi connectivity index (χ3n) is 3.07. The third-order valence-corrected chi connectivity index (χ3v) is 3.97. The number of amides is 1. The fourth-order valence-corrected chi connectivity index (χ4v) is 2.85. The molecule has 0 bridgehead atoms. The average molecular weight is 364 g/mol. The minimum Gasteiger partial charge on any atom is -0.490 e. The highest BCUT2D eigenvalue weighted by Crippen LogP contribution is 2.26. The molecule has 0 fully saturated rings. The van der Waals surface area contributed by atoms with Crippen molar-refractivity contribution in [2.24, 2.45) is 0 Å². The highest BCUT2D eigenvalue weighted by Gasteiger charge is 2.10. The van der Waals surface area contributed by atoms with E-state index < -0.39 is 5.97 Å². The van der Waals surface area contributed by atoms with Crippen molar-refractivity contribution in [1.82, 2.24) is 10.3 Å². The maximum absolute atomic E-state index is 11.9. The van der Waals surface area contributed by atoms with E-state index >= 15 is 0 Å². The number of carboxylic acid groups (broad SMARTS) is 1. The quantitative estimate of drug-likeness (QED) is 0.625. The Kier molecular flexibility index (Phi) is 7.21. The lowest BCUT2D eigenvalue weighted by molar-refractivity contribution is -0.136. The fraction of sp³-hybridized carbons (Fsp3) is 0.353. The molecule has 134 valence electrons. The molecule has 1 heterocycles. The van der Waals surface area contributed by atoms with Crippen molar-refractivity contribution in [2.75, 3.05) is 19.8 Å². The van der Waals surface area contributed by atoms with Crippen LogP contribution in [0.2, 0.25) is 0 Å². The number of hydrogen-bond acceptors (Lipinski definition) is 6. The van der Waals surface area contributed by atoms with Crippen LogP contribution in [0.4, 0.5) is 0 Å². The molecule has 0 atom stereocenters. The SMILES string of the molecule is CCOc1ccccc1OCCNC(=O)Cc1nc(CC(=O)O)cs1. The number of carbonyl (C=O) groups is 2. The molecule has 8 heteroatoms. The predicted octanol–water partition coefficient (Wildman–Crippen LogP) is 1.91. The summed E-state index contributed by atoms with van der Waals surface area (Å²) in [5.74, 6) is 0.186. The Morgan fingerprint density at radius 2 is 1.92 bits per heavy atom. The summed E-state index contributed by atoms with van der Waals surface area (Å²) in [6.07, 6.45) is -0.00891. The molecule has 0 saturated carbocycles. The Hall–Kier alpha value is -2.61. The van der Waals surface area contributed by atoms with Gasteiger partial charge in [0.25, 0.3) is 0 Å². The molecule has 0 unspecified atom stereocenters. The van der Waals surface area contributed by atoms with Crippen LogP contribution in [-0.4, -0.2) is 41.7 Å². The molecule has 7 nitrogen and oxygen atoms in total. The van der Waals surface area contributed by atoms with Crippen molar-refractivity contribution in [3.8, 4) is 11.5 Å². The van der Waals surface area contributed by atoms with Gasteiger partial charge in [-0.1, -0.05) is 12.1 Å². The summed E-state index contributed by atoms with van der Waals surface area (Å²) in [7, 11) is 0. The number of nitrogens with one attached hydrogen (secondary N) is 1. The second-order valence-corrected chi connectivity index (χ2v) is 6.00. The van der Waals surface area contributed by atoms with Crippen molar-refractivity contribution in [2.45, 2.75) is 19.8 Å². The zero-order valence-corrected chi connectivity index (χ0v) is 14.7. The van der Waals surface area contributed by atoms with Crippen LogP contribution in [0.1, 0.15) is 17.6 Å². The molecule has 2 N–H and O–H groups in total. The van der Waals surface area contributed by atoms with Gasteiger partial charge in [-0.2, -0.15) is 0 Å². The Morgan fingerprint density at radius 3 is 2.60 bits per heavy atom. The van der Waals surface area contributed by atoms with Gasteiger partial charge in [0.1, 0.15) is 11.6 Å². The van der Waals surface area contributed by atoms with Crippen LogP contribution < -0.4 is 14.8 Å². The predicted molar refractivity (Wildman–Crippen MR) is 93.3 cm³/mol. The Labute approximate surface area is 149 Å². The van der Waals surface area contributed by atoms with Crippen LogP contribution in [0, 0.1) is 0 Å². The lowest BCUT2D eigenvalue weighted by Gasteiger charge is -2.11. The summed E-state index contributed by atoms with van der Waals surface area (Å²) in [5, 5.41) is 13.7. The number of para-hydroxylation sites is 2. The van der Waals surface area contributed by atoms with Gasteiger partial charge in [-0.05, 0) is 19.1 Å². The number of aliphatic carboxylic acids is 1. The summed E-state index contributed by atoms with van der Waals surface area (Å²) in [6, 6.07) is 7.36. The number of hydrogen-bond donors (Lipinski definition) is 2. The molecule has 0 aliphatic carbocycles. The lowest BCUT2D eigenvalue weighted by Crippen LogP contribution is -2.29. The first kappa shape index (κ1) is 18.7. The number of thiazole rings is 1. The van der Waals surface area contributed by atoms with E-state index in [1.165, 1.54) is 11.3 Å². The van der Waals surface area contributed by atoms with Crippen LogP contribution in [0.25, 0.3) is 0 Å². The van der Waals surface area contributed by atoms with Crippen LogP contribution in [0.15, 0.2) is 29.6 Å². The van der Waals surface area contributed by atoms with Crippen molar-refractivity contribution >= 4 is 23.2 Å². The molecule has 25 heavy (non-hydrogen) atoms. The Morgan fingerprint density at radius 1 is 1.20 bits per heavy atom. The Bertz CT molecular complexity index is 717. The van der Waals surface area contributed by atoms with E-state index in [0.717, 1.165) is 0 Å². The van der Waals surface area contributed by atoms with Crippen molar-refractivity contribution in [3.63, 3.8) is 0 Å². The maximum Gasteiger partial charge on any atom is 0.309 e. The number of aromatic nitrogens is 1. The van der Waals surface area contributed by atoms with E-state index in [1.807, 2.05) is 31.2 Å². The number of nitrogens with zero attached hydrogens (tertiary/aromatic N) is 1. The zero-order valence-electron chi connectivity index (χ0n) is 13.9. The Balaban J connectivity index is 1.72. The summed E-state index contributed by atoms with van der Waals surface area (Å²) < 4.78 is 11.1. The van der Waals surface area contributed by atoms with E-state index in [1.54, 1.807) is 5.38 Å². The molecule has 0 spiro atoms. The first-order chi connectivity index (χ1) is 12.1. The molecule has 1 amide bonds. The molecule has 0 radical (unpaired) electrons. The van der Waals surface area contributed by atoms with Crippen LogP contribution >= 0.6 is 11.3 Å². The highest BCUT2D eigenvalue weighted by molar-refractivity contribution is 7.09. The summed E-state index contributed by atoms with van der Waals surface area (Å²) in [6.45, 7) is 3.12. The molecular weight excluding hydrogens is 344 g/mol. The molecule has 0 aliphatic rings. The maximum atomic E-state index is 11.9. The smallest absolute Gasteiger partial charge is 0.309 e. The minimum absolute atomic E-state index is 0.125. The van der Waals surface area contributed by atoms with Crippen molar-refractivity contribution in [1.29, 1.82) is 0 Å². The molecule has 1 aromatic carbocycles. The highest BCUT2D eigenvalue weighted by atomic mass is 32.1. The molecule has 0 aliphatic heterocycles. The number of carboxylic acids is 1. The second kappa shape index (κ2) is 9.63. The first-order valence-corrected chi connectivity index (χ1v) is 8.73. The van der Waals surface area contributed by atoms with Gasteiger partial charge in [-0.3, -0.25) is 9.59 Å². The van der Waals surface area contributed by atoms with E-state index in [-0.39, 0.29) is 18.7 Å². The standard InChI is InChI=1S/C17H20N2O5S/c1-2-23-13-5-3-4-6-14(13)24-8-7-18-15(20)10-16-19-12(11-25-16)9-17(21)22/h3-6,11H,2,7-10H2,1H3,(H,18,20)(H,21,22). The van der Waals surface area contributed by atoms with Gasteiger partial charge in [-0.25, -0.2) is 4.98 Å². The van der Waals surface area contributed by atoms with Gasteiger partial charge in [0, 0.05) is 5.38 Å². The normalized spacial score (nSPS) is 10.3. The van der Waals surface area contributed by atoms with Gasteiger partial charge in [-0.15, -0.1) is 11.3 Å². The fourth-order valence-electron chi connectivity index (χ4n) is 2.06. The minimum atomic E-state index is -0.939. The van der Waals surface area contributed by atoms with E-state index in [9.17, 15) is 9.59 Å². The lowest BCUT2D eigenvalue weighted by atomic mass is 10.3. The van der Waals surface area contributed by atoms with E-state index in [2.05, 4.69) is 10.3 Å². The number of carbonyl (C=O) groups excluding carboxylic acids is 1. The van der Waals surface area contributed by atoms with Crippen LogP contribution in [-0.2, 0) is 22.4 Å². The topological polar surface area (TPSA) is 97.8 Å². The second-order valence-electron chi connectivity index (χ2n) is 5.06. The zero-order chi connectivity index (χ0) is 18.1. The van der Waals surface area contributed by atoms with Crippen molar-refractivity contribution < 1.29 is 24.2 Å². The third kappa shape index (κ3) is 6.42. The van der Waals surface area contributed by atoms with Gasteiger partial charge < -0.3 is 19.9 Å². The number of benzene rings is 1. The average Bonchev–Trinajstić information content (AvgIpc) is 2.99. The van der Waals surface area contributed by atoms with Gasteiger partial charge in [0.2, 0.25) is 5.91 Å². The largest absolute Gasteiger partial charge is 0.490 e. The van der Waals surface area contributed by atoms with Gasteiger partial charge in [0.15, 0.2) is 11.5 Å². The summed E-state index contributed by atoms with van der Waals surface area (Å²) in [5.41, 5.74) is 0.469.